The Kier molecular flexibility index (Phi) is 4.75. The highest BCUT2D eigenvalue weighted by atomic mass is 35.5. The van der Waals surface area contributed by atoms with Crippen LogP contribution in [-0.4, -0.2) is 0 Å². The maximum atomic E-state index is 13.3. The second kappa shape index (κ2) is 6.08. The summed E-state index contributed by atoms with van der Waals surface area (Å²) in [5.74, 6) is 5.60. The Hall–Kier alpha value is -1.78. The summed E-state index contributed by atoms with van der Waals surface area (Å²) in [5, 5.41) is 0. The van der Waals surface area contributed by atoms with Gasteiger partial charge in [-0.1, -0.05) is 12.1 Å². The van der Waals surface area contributed by atoms with Crippen LogP contribution in [0.15, 0.2) is 48.5 Å². The summed E-state index contributed by atoms with van der Waals surface area (Å²) < 4.78 is 18.6. The van der Waals surface area contributed by atoms with Gasteiger partial charge in [-0.15, -0.1) is 12.4 Å². The molecule has 0 bridgehead atoms. The summed E-state index contributed by atoms with van der Waals surface area (Å²) in [6.07, 6.45) is 0. The Morgan fingerprint density at radius 2 is 1.65 bits per heavy atom. The molecular formula is C12H12ClFN2O. The number of hydrazine groups is 1. The van der Waals surface area contributed by atoms with E-state index in [4.69, 9.17) is 10.6 Å². The molecule has 5 heteroatoms. The van der Waals surface area contributed by atoms with E-state index in [1.165, 1.54) is 6.07 Å². The van der Waals surface area contributed by atoms with E-state index in [2.05, 4.69) is 5.43 Å². The fraction of sp³-hybridized carbons (Fsp3) is 0. The highest BCUT2D eigenvalue weighted by Gasteiger charge is 2.02. The van der Waals surface area contributed by atoms with E-state index >= 15 is 0 Å². The molecule has 0 saturated carbocycles. The number of anilines is 1. The number of halogens is 2. The SMILES string of the molecule is Cl.NNc1ccc(Oc2ccccc2F)cc1. The second-order valence-corrected chi connectivity index (χ2v) is 3.20. The van der Waals surface area contributed by atoms with E-state index in [-0.39, 0.29) is 24.0 Å². The fourth-order valence-corrected chi connectivity index (χ4v) is 1.27. The van der Waals surface area contributed by atoms with Gasteiger partial charge in [-0.3, -0.25) is 5.84 Å². The molecule has 0 fully saturated rings. The predicted octanol–water partition coefficient (Wildman–Crippen LogP) is 3.33. The first kappa shape index (κ1) is 13.3. The molecule has 0 atom stereocenters. The van der Waals surface area contributed by atoms with Crippen LogP contribution in [0.4, 0.5) is 10.1 Å². The molecule has 0 saturated heterocycles. The first-order valence-corrected chi connectivity index (χ1v) is 4.78. The van der Waals surface area contributed by atoms with Gasteiger partial charge in [-0.25, -0.2) is 4.39 Å². The zero-order valence-electron chi connectivity index (χ0n) is 8.89. The van der Waals surface area contributed by atoms with Gasteiger partial charge in [0.15, 0.2) is 11.6 Å². The molecule has 3 nitrogen and oxygen atoms in total. The quantitative estimate of drug-likeness (QED) is 0.652. The van der Waals surface area contributed by atoms with Crippen molar-refractivity contribution in [2.24, 2.45) is 5.84 Å². The molecule has 3 N–H and O–H groups in total. The molecular weight excluding hydrogens is 243 g/mol. The summed E-state index contributed by atoms with van der Waals surface area (Å²) in [7, 11) is 0. The zero-order chi connectivity index (χ0) is 11.4. The lowest BCUT2D eigenvalue weighted by Crippen LogP contribution is -2.05. The van der Waals surface area contributed by atoms with Gasteiger partial charge in [-0.2, -0.15) is 0 Å². The van der Waals surface area contributed by atoms with E-state index in [1.54, 1.807) is 42.5 Å². The van der Waals surface area contributed by atoms with Gasteiger partial charge in [-0.05, 0) is 36.4 Å². The molecule has 0 aliphatic heterocycles. The summed E-state index contributed by atoms with van der Waals surface area (Å²) in [5.41, 5.74) is 3.26. The van der Waals surface area contributed by atoms with Crippen LogP contribution in [0.3, 0.4) is 0 Å². The summed E-state index contributed by atoms with van der Waals surface area (Å²) in [6.45, 7) is 0. The number of para-hydroxylation sites is 1. The van der Waals surface area contributed by atoms with Crippen molar-refractivity contribution in [2.75, 3.05) is 5.43 Å². The molecule has 90 valence electrons. The summed E-state index contributed by atoms with van der Waals surface area (Å²) in [6, 6.07) is 13.2. The lowest BCUT2D eigenvalue weighted by atomic mass is 10.3. The van der Waals surface area contributed by atoms with E-state index in [0.29, 0.717) is 5.75 Å². The van der Waals surface area contributed by atoms with Crippen LogP contribution in [0, 0.1) is 5.82 Å². The number of hydrogen-bond donors (Lipinski definition) is 2. The number of nitrogens with one attached hydrogen (secondary N) is 1. The van der Waals surface area contributed by atoms with Gasteiger partial charge in [0, 0.05) is 5.69 Å². The molecule has 0 heterocycles. The van der Waals surface area contributed by atoms with Gasteiger partial charge in [0.1, 0.15) is 5.75 Å². The molecule has 0 aromatic heterocycles. The van der Waals surface area contributed by atoms with E-state index in [1.807, 2.05) is 0 Å². The first-order chi connectivity index (χ1) is 7.79. The summed E-state index contributed by atoms with van der Waals surface area (Å²) >= 11 is 0. The lowest BCUT2D eigenvalue weighted by Gasteiger charge is -2.07. The third-order valence-corrected chi connectivity index (χ3v) is 2.09. The van der Waals surface area contributed by atoms with Crippen LogP contribution in [-0.2, 0) is 0 Å². The number of nitrogens with two attached hydrogens (primary N) is 1. The van der Waals surface area contributed by atoms with Crippen molar-refractivity contribution >= 4 is 18.1 Å². The fourth-order valence-electron chi connectivity index (χ4n) is 1.27. The Balaban J connectivity index is 0.00000144. The average molecular weight is 255 g/mol. The maximum absolute atomic E-state index is 13.3. The Bertz CT molecular complexity index is 476. The van der Waals surface area contributed by atoms with E-state index in [9.17, 15) is 4.39 Å². The number of benzene rings is 2. The number of ether oxygens (including phenoxy) is 1. The van der Waals surface area contributed by atoms with Gasteiger partial charge >= 0.3 is 0 Å². The monoisotopic (exact) mass is 254 g/mol. The molecule has 2 aromatic carbocycles. The van der Waals surface area contributed by atoms with Crippen LogP contribution in [0.25, 0.3) is 0 Å². The molecule has 0 unspecified atom stereocenters. The minimum absolute atomic E-state index is 0. The molecule has 0 amide bonds. The highest BCUT2D eigenvalue weighted by molar-refractivity contribution is 5.85. The lowest BCUT2D eigenvalue weighted by molar-refractivity contribution is 0.442. The first-order valence-electron chi connectivity index (χ1n) is 4.78. The highest BCUT2D eigenvalue weighted by Crippen LogP contribution is 2.24. The molecule has 17 heavy (non-hydrogen) atoms. The van der Waals surface area contributed by atoms with Crippen LogP contribution in [0.1, 0.15) is 0 Å². The molecule has 0 spiro atoms. The van der Waals surface area contributed by atoms with E-state index < -0.39 is 0 Å². The van der Waals surface area contributed by atoms with Crippen LogP contribution < -0.4 is 16.0 Å². The molecule has 2 rings (SSSR count). The number of hydrogen-bond acceptors (Lipinski definition) is 3. The van der Waals surface area contributed by atoms with Crippen LogP contribution >= 0.6 is 12.4 Å². The van der Waals surface area contributed by atoms with Gasteiger partial charge in [0.05, 0.1) is 0 Å². The zero-order valence-corrected chi connectivity index (χ0v) is 9.71. The Morgan fingerprint density at radius 3 is 2.24 bits per heavy atom. The molecule has 0 aliphatic rings. The number of rotatable bonds is 3. The van der Waals surface area contributed by atoms with Gasteiger partial charge in [0.25, 0.3) is 0 Å². The molecule has 2 aromatic rings. The van der Waals surface area contributed by atoms with Gasteiger partial charge in [0.2, 0.25) is 0 Å². The number of nitrogen functional groups attached to an aromatic ring is 1. The van der Waals surface area contributed by atoms with Crippen molar-refractivity contribution in [3.8, 4) is 11.5 Å². The van der Waals surface area contributed by atoms with Gasteiger partial charge < -0.3 is 10.2 Å². The van der Waals surface area contributed by atoms with Crippen molar-refractivity contribution in [1.82, 2.24) is 0 Å². The van der Waals surface area contributed by atoms with Crippen molar-refractivity contribution < 1.29 is 9.13 Å². The minimum atomic E-state index is -0.386. The standard InChI is InChI=1S/C12H11FN2O.ClH/c13-11-3-1-2-4-12(11)16-10-7-5-9(15-14)6-8-10;/h1-8,15H,14H2;1H. The minimum Gasteiger partial charge on any atom is -0.454 e. The van der Waals surface area contributed by atoms with Crippen LogP contribution in [0.5, 0.6) is 11.5 Å². The normalized spacial score (nSPS) is 9.29. The Morgan fingerprint density at radius 1 is 1.00 bits per heavy atom. The second-order valence-electron chi connectivity index (χ2n) is 3.20. The largest absolute Gasteiger partial charge is 0.454 e. The van der Waals surface area contributed by atoms with Crippen molar-refractivity contribution in [3.63, 3.8) is 0 Å². The smallest absolute Gasteiger partial charge is 0.165 e. The van der Waals surface area contributed by atoms with E-state index in [0.717, 1.165) is 5.69 Å². The summed E-state index contributed by atoms with van der Waals surface area (Å²) in [4.78, 5) is 0. The van der Waals surface area contributed by atoms with Crippen molar-refractivity contribution in [2.45, 2.75) is 0 Å². The van der Waals surface area contributed by atoms with Crippen molar-refractivity contribution in [3.05, 3.63) is 54.3 Å². The average Bonchev–Trinajstić information content (AvgIpc) is 2.33. The molecule has 0 radical (unpaired) electrons. The Labute approximate surface area is 105 Å². The third kappa shape index (κ3) is 3.34. The van der Waals surface area contributed by atoms with Crippen LogP contribution in [0.2, 0.25) is 0 Å². The maximum Gasteiger partial charge on any atom is 0.165 e. The van der Waals surface area contributed by atoms with Crippen molar-refractivity contribution in [1.29, 1.82) is 0 Å². The predicted molar refractivity (Wildman–Crippen MR) is 68.0 cm³/mol. The third-order valence-electron chi connectivity index (χ3n) is 2.09. The topological polar surface area (TPSA) is 47.3 Å². The molecule has 0 aliphatic carbocycles.